The van der Waals surface area contributed by atoms with Crippen molar-refractivity contribution < 1.29 is 4.39 Å². The largest absolute Gasteiger partial charge is 0.625 e. The number of hydrogen-bond donors (Lipinski definition) is 3. The molecular weight excluding hydrogens is 425 g/mol. The van der Waals surface area contributed by atoms with Crippen molar-refractivity contribution in [2.75, 3.05) is 12.0 Å². The fraction of sp³-hybridized carbons (Fsp3) is 0.227. The van der Waals surface area contributed by atoms with E-state index in [1.54, 1.807) is 6.07 Å². The van der Waals surface area contributed by atoms with E-state index >= 15 is 0 Å². The number of rotatable bonds is 5. The zero-order valence-electron chi connectivity index (χ0n) is 18.1. The van der Waals surface area contributed by atoms with Crippen molar-refractivity contribution in [3.05, 3.63) is 76.2 Å². The highest BCUT2D eigenvalue weighted by Gasteiger charge is 2.38. The van der Waals surface area contributed by atoms with Gasteiger partial charge in [0.2, 0.25) is 17.7 Å². The highest BCUT2D eigenvalue weighted by molar-refractivity contribution is 5.73. The summed E-state index contributed by atoms with van der Waals surface area (Å²) >= 11 is 0. The maximum Gasteiger partial charge on any atom is 0.247 e. The Kier molecular flexibility index (Phi) is 5.29. The normalized spacial score (nSPS) is 18.5. The molecule has 33 heavy (non-hydrogen) atoms. The summed E-state index contributed by atoms with van der Waals surface area (Å²) in [6, 6.07) is 13.7. The molecule has 4 aromatic rings. The molecule has 3 N–H and O–H groups in total. The number of tetrazole rings is 1. The molecule has 5 rings (SSSR count). The number of hydrogen-bond acceptors (Lipinski definition) is 8. The summed E-state index contributed by atoms with van der Waals surface area (Å²) in [7, 11) is 0. The van der Waals surface area contributed by atoms with Gasteiger partial charge in [-0.1, -0.05) is 35.4 Å². The molecule has 0 radical (unpaired) electrons. The number of aryl methyl sites for hydroxylation is 1. The summed E-state index contributed by atoms with van der Waals surface area (Å²) in [4.78, 5) is 9.30. The van der Waals surface area contributed by atoms with Crippen LogP contribution >= 0.6 is 0 Å². The van der Waals surface area contributed by atoms with Gasteiger partial charge in [0.15, 0.2) is 0 Å². The maximum atomic E-state index is 14.4. The second-order valence-corrected chi connectivity index (χ2v) is 8.00. The van der Waals surface area contributed by atoms with E-state index in [9.17, 15) is 9.60 Å². The minimum Gasteiger partial charge on any atom is -0.625 e. The lowest BCUT2D eigenvalue weighted by molar-refractivity contribution is 0.249. The van der Waals surface area contributed by atoms with Crippen molar-refractivity contribution in [3.63, 3.8) is 0 Å². The van der Waals surface area contributed by atoms with E-state index in [1.807, 2.05) is 44.2 Å². The molecule has 168 valence electrons. The maximum absolute atomic E-state index is 14.4. The first-order valence-electron chi connectivity index (χ1n) is 10.5. The molecule has 0 saturated heterocycles. The predicted molar refractivity (Wildman–Crippen MR) is 121 cm³/mol. The summed E-state index contributed by atoms with van der Waals surface area (Å²) in [6.45, 7) is 4.25. The average Bonchev–Trinajstić information content (AvgIpc) is 3.32. The number of hydroxylamine groups is 2. The summed E-state index contributed by atoms with van der Waals surface area (Å²) in [6.07, 6.45) is 0. The van der Waals surface area contributed by atoms with Crippen molar-refractivity contribution in [2.45, 2.75) is 26.4 Å². The highest BCUT2D eigenvalue weighted by Crippen LogP contribution is 2.41. The molecule has 3 heterocycles. The number of aromatic amines is 1. The second kappa shape index (κ2) is 8.28. The lowest BCUT2D eigenvalue weighted by atomic mass is 9.99. The van der Waals surface area contributed by atoms with Gasteiger partial charge in [0.25, 0.3) is 0 Å². The van der Waals surface area contributed by atoms with Crippen molar-refractivity contribution in [2.24, 2.45) is 0 Å². The number of fused-ring (bicyclic) bond motifs is 1. The Balaban J connectivity index is 1.70. The van der Waals surface area contributed by atoms with Gasteiger partial charge >= 0.3 is 0 Å². The van der Waals surface area contributed by atoms with Crippen molar-refractivity contribution >= 4 is 17.7 Å². The van der Waals surface area contributed by atoms with Crippen LogP contribution in [0.2, 0.25) is 0 Å². The molecule has 0 saturated carbocycles. The Bertz CT molecular complexity index is 1280. The van der Waals surface area contributed by atoms with Crippen LogP contribution in [0.15, 0.2) is 48.5 Å². The van der Waals surface area contributed by atoms with E-state index in [2.05, 4.69) is 41.2 Å². The summed E-state index contributed by atoms with van der Waals surface area (Å²) in [5, 5.41) is 34.1. The van der Waals surface area contributed by atoms with Gasteiger partial charge in [-0.2, -0.15) is 4.98 Å². The SMILES string of the molecule is Cc1cc(F)ccc1-c1nc(Nc2nnn[nH]2)nc2c1CNC[N+]2([O-])[C@@H](C)c1ccccc1. The molecule has 10 nitrogen and oxygen atoms in total. The third kappa shape index (κ3) is 3.82. The van der Waals surface area contributed by atoms with Crippen LogP contribution in [0.1, 0.15) is 29.7 Å². The predicted octanol–water partition coefficient (Wildman–Crippen LogP) is 3.47. The van der Waals surface area contributed by atoms with Crippen molar-refractivity contribution in [1.82, 2.24) is 40.6 Å². The van der Waals surface area contributed by atoms with Gasteiger partial charge in [0.1, 0.15) is 18.5 Å². The smallest absolute Gasteiger partial charge is 0.247 e. The Labute approximate surface area is 189 Å². The first kappa shape index (κ1) is 21.1. The summed E-state index contributed by atoms with van der Waals surface area (Å²) in [5.41, 5.74) is 3.55. The first-order valence-corrected chi connectivity index (χ1v) is 10.5. The van der Waals surface area contributed by atoms with Crippen LogP contribution in [-0.4, -0.2) is 37.3 Å². The molecule has 1 aliphatic heterocycles. The number of halogens is 1. The molecule has 0 bridgehead atoms. The van der Waals surface area contributed by atoms with Crippen LogP contribution < -0.4 is 15.3 Å². The van der Waals surface area contributed by atoms with Crippen LogP contribution in [0.4, 0.5) is 22.1 Å². The fourth-order valence-corrected chi connectivity index (χ4v) is 4.15. The molecule has 0 fully saturated rings. The Morgan fingerprint density at radius 1 is 1.15 bits per heavy atom. The van der Waals surface area contributed by atoms with Gasteiger partial charge in [-0.15, -0.1) is 0 Å². The lowest BCUT2D eigenvalue weighted by Gasteiger charge is -2.49. The zero-order valence-corrected chi connectivity index (χ0v) is 18.1. The van der Waals surface area contributed by atoms with E-state index in [-0.39, 0.29) is 24.4 Å². The van der Waals surface area contributed by atoms with Crippen molar-refractivity contribution in [1.29, 1.82) is 0 Å². The van der Waals surface area contributed by atoms with E-state index in [4.69, 9.17) is 0 Å². The van der Waals surface area contributed by atoms with E-state index < -0.39 is 10.7 Å². The second-order valence-electron chi connectivity index (χ2n) is 8.00. The minimum atomic E-state index is -0.724. The molecule has 2 aromatic carbocycles. The van der Waals surface area contributed by atoms with Crippen LogP contribution in [0.25, 0.3) is 11.3 Å². The van der Waals surface area contributed by atoms with Gasteiger partial charge < -0.3 is 5.21 Å². The van der Waals surface area contributed by atoms with Crippen LogP contribution in [0, 0.1) is 17.9 Å². The number of H-pyrrole nitrogens is 1. The molecule has 0 amide bonds. The van der Waals surface area contributed by atoms with Gasteiger partial charge in [-0.05, 0) is 48.0 Å². The molecule has 2 aromatic heterocycles. The molecule has 2 atom stereocenters. The number of aromatic nitrogens is 6. The number of nitrogens with one attached hydrogen (secondary N) is 3. The summed E-state index contributed by atoms with van der Waals surface area (Å²) < 4.78 is 13.1. The van der Waals surface area contributed by atoms with E-state index in [1.165, 1.54) is 12.1 Å². The van der Waals surface area contributed by atoms with Gasteiger partial charge in [-0.3, -0.25) is 15.3 Å². The number of quaternary nitrogens is 1. The third-order valence-electron chi connectivity index (χ3n) is 5.92. The van der Waals surface area contributed by atoms with Crippen LogP contribution in [0.5, 0.6) is 0 Å². The van der Waals surface area contributed by atoms with Gasteiger partial charge in [-0.25, -0.2) is 14.5 Å². The van der Waals surface area contributed by atoms with Gasteiger partial charge in [0, 0.05) is 17.7 Å². The average molecular weight is 447 g/mol. The molecule has 1 aliphatic rings. The zero-order chi connectivity index (χ0) is 23.0. The molecule has 11 heteroatoms. The molecule has 0 spiro atoms. The number of nitrogens with zero attached hydrogens (tertiary/aromatic N) is 6. The Morgan fingerprint density at radius 2 is 1.97 bits per heavy atom. The van der Waals surface area contributed by atoms with E-state index in [0.717, 1.165) is 11.1 Å². The fourth-order valence-electron chi connectivity index (χ4n) is 4.15. The lowest BCUT2D eigenvalue weighted by Crippen LogP contribution is -2.55. The van der Waals surface area contributed by atoms with Crippen LogP contribution in [0.3, 0.4) is 0 Å². The minimum absolute atomic E-state index is 0.144. The molecule has 0 aliphatic carbocycles. The monoisotopic (exact) mass is 447 g/mol. The van der Waals surface area contributed by atoms with E-state index in [0.29, 0.717) is 29.2 Å². The first-order chi connectivity index (χ1) is 16.0. The Hall–Kier alpha value is -3.80. The van der Waals surface area contributed by atoms with Crippen molar-refractivity contribution in [3.8, 4) is 11.3 Å². The third-order valence-corrected chi connectivity index (χ3v) is 5.92. The number of anilines is 2. The molecular formula is C22H22FN9O. The quantitative estimate of drug-likeness (QED) is 0.313. The van der Waals surface area contributed by atoms with Gasteiger partial charge in [0.05, 0.1) is 11.3 Å². The standard InChI is InChI=1S/C22H22FN9O/c1-13-10-16(23)8-9-17(13)19-18-11-24-12-32(33,14(2)15-6-4-3-5-7-15)20(18)26-21(25-19)27-22-28-30-31-29-22/h3-10,14,24H,11-12H2,1-2H3,(H2,25,26,27,28,29,30,31)/t14-,32?/m0/s1. The highest BCUT2D eigenvalue weighted by atomic mass is 19.1. The summed E-state index contributed by atoms with van der Waals surface area (Å²) in [5.74, 6) is 0.418. The topological polar surface area (TPSA) is 127 Å². The van der Waals surface area contributed by atoms with Crippen LogP contribution in [-0.2, 0) is 6.54 Å². The molecule has 1 unspecified atom stereocenters. The Morgan fingerprint density at radius 3 is 2.70 bits per heavy atom. The number of benzene rings is 2.